The molecule has 8 nitrogen and oxygen atoms in total. The first-order chi connectivity index (χ1) is 13.8. The molecular weight excluding hydrogens is 417 g/mol. The van der Waals surface area contributed by atoms with Crippen LogP contribution >= 0.6 is 23.2 Å². The molecule has 1 N–H and O–H groups in total. The zero-order chi connectivity index (χ0) is 21.3. The quantitative estimate of drug-likeness (QED) is 0.716. The summed E-state index contributed by atoms with van der Waals surface area (Å²) in [6.07, 6.45) is 0. The fraction of sp³-hybridized carbons (Fsp3) is 0.368. The SMILES string of the molecule is CCN1C(=O)N[C@H](c2ccc(Cl)cc2Cl)C2=C1CN(CC(=O)N(C)CC#N)C2=O. The van der Waals surface area contributed by atoms with Crippen LogP contribution in [0.4, 0.5) is 4.79 Å². The van der Waals surface area contributed by atoms with Gasteiger partial charge >= 0.3 is 6.03 Å². The van der Waals surface area contributed by atoms with E-state index in [1.54, 1.807) is 25.1 Å². The Labute approximate surface area is 178 Å². The molecule has 2 aliphatic heterocycles. The van der Waals surface area contributed by atoms with Crippen molar-refractivity contribution < 1.29 is 14.4 Å². The standard InChI is InChI=1S/C19H19Cl2N5O3/c1-3-26-14-9-25(10-15(27)24(2)7-6-22)18(28)16(14)17(23-19(26)29)12-5-4-11(20)8-13(12)21/h4-5,8,17H,3,7,9-10H2,1-2H3,(H,23,29)/t17-/m1/s1. The summed E-state index contributed by atoms with van der Waals surface area (Å²) in [5.41, 5.74) is 1.48. The van der Waals surface area contributed by atoms with Gasteiger partial charge in [-0.05, 0) is 24.6 Å². The normalized spacial score (nSPS) is 18.5. The minimum Gasteiger partial charge on any atom is -0.331 e. The van der Waals surface area contributed by atoms with Crippen molar-refractivity contribution >= 4 is 41.0 Å². The number of hydrogen-bond acceptors (Lipinski definition) is 4. The average molecular weight is 436 g/mol. The molecule has 1 atom stereocenters. The topological polar surface area (TPSA) is 96.8 Å². The first kappa shape index (κ1) is 21.0. The smallest absolute Gasteiger partial charge is 0.322 e. The highest BCUT2D eigenvalue weighted by Gasteiger charge is 2.44. The van der Waals surface area contributed by atoms with Crippen LogP contribution < -0.4 is 5.32 Å². The number of nitrogens with zero attached hydrogens (tertiary/aromatic N) is 4. The van der Waals surface area contributed by atoms with Crippen molar-refractivity contribution in [3.63, 3.8) is 0 Å². The summed E-state index contributed by atoms with van der Waals surface area (Å²) >= 11 is 12.3. The molecule has 1 aromatic carbocycles. The molecule has 2 aliphatic rings. The van der Waals surface area contributed by atoms with Gasteiger partial charge in [-0.2, -0.15) is 5.26 Å². The molecule has 0 saturated heterocycles. The Morgan fingerprint density at radius 3 is 2.72 bits per heavy atom. The van der Waals surface area contributed by atoms with Crippen molar-refractivity contribution in [1.29, 1.82) is 5.26 Å². The number of amides is 4. The van der Waals surface area contributed by atoms with E-state index in [0.717, 1.165) is 0 Å². The minimum absolute atomic E-state index is 0.0713. The predicted molar refractivity (Wildman–Crippen MR) is 107 cm³/mol. The first-order valence-electron chi connectivity index (χ1n) is 8.94. The van der Waals surface area contributed by atoms with E-state index in [9.17, 15) is 14.4 Å². The molecule has 0 unspecified atom stereocenters. The highest BCUT2D eigenvalue weighted by Crippen LogP contribution is 2.39. The van der Waals surface area contributed by atoms with Gasteiger partial charge < -0.3 is 15.1 Å². The Morgan fingerprint density at radius 2 is 2.10 bits per heavy atom. The number of hydrogen-bond donors (Lipinski definition) is 1. The fourth-order valence-electron chi connectivity index (χ4n) is 3.46. The van der Waals surface area contributed by atoms with E-state index in [1.807, 2.05) is 6.07 Å². The molecule has 0 spiro atoms. The minimum atomic E-state index is -0.741. The number of urea groups is 1. The third kappa shape index (κ3) is 3.88. The Bertz CT molecular complexity index is 956. The van der Waals surface area contributed by atoms with Crippen molar-refractivity contribution in [3.8, 4) is 6.07 Å². The Balaban J connectivity index is 1.95. The monoisotopic (exact) mass is 435 g/mol. The van der Waals surface area contributed by atoms with Gasteiger partial charge in [0.2, 0.25) is 5.91 Å². The molecule has 0 fully saturated rings. The van der Waals surface area contributed by atoms with Crippen molar-refractivity contribution in [2.45, 2.75) is 13.0 Å². The number of halogens is 2. The number of nitriles is 1. The van der Waals surface area contributed by atoms with E-state index >= 15 is 0 Å². The molecular formula is C19H19Cl2N5O3. The second-order valence-electron chi connectivity index (χ2n) is 6.72. The molecule has 1 aromatic rings. The lowest BCUT2D eigenvalue weighted by Gasteiger charge is -2.33. The first-order valence-corrected chi connectivity index (χ1v) is 9.70. The van der Waals surface area contributed by atoms with Crippen LogP contribution in [0.2, 0.25) is 10.0 Å². The zero-order valence-corrected chi connectivity index (χ0v) is 17.4. The molecule has 29 heavy (non-hydrogen) atoms. The molecule has 0 aliphatic carbocycles. The van der Waals surface area contributed by atoms with Crippen molar-refractivity contribution in [3.05, 3.63) is 45.1 Å². The molecule has 3 rings (SSSR count). The van der Waals surface area contributed by atoms with Crippen LogP contribution in [0.25, 0.3) is 0 Å². The summed E-state index contributed by atoms with van der Waals surface area (Å²) in [5, 5.41) is 12.4. The van der Waals surface area contributed by atoms with Gasteiger partial charge in [-0.15, -0.1) is 0 Å². The van der Waals surface area contributed by atoms with E-state index in [-0.39, 0.29) is 37.5 Å². The largest absolute Gasteiger partial charge is 0.331 e. The Morgan fingerprint density at radius 1 is 1.38 bits per heavy atom. The lowest BCUT2D eigenvalue weighted by atomic mass is 9.95. The van der Waals surface area contributed by atoms with E-state index in [1.165, 1.54) is 21.7 Å². The van der Waals surface area contributed by atoms with E-state index in [2.05, 4.69) is 5.32 Å². The van der Waals surface area contributed by atoms with Gasteiger partial charge in [0.1, 0.15) is 13.1 Å². The van der Waals surface area contributed by atoms with E-state index in [0.29, 0.717) is 33.4 Å². The maximum atomic E-state index is 13.2. The predicted octanol–water partition coefficient (Wildman–Crippen LogP) is 2.16. The molecule has 10 heteroatoms. The highest BCUT2D eigenvalue weighted by atomic mass is 35.5. The lowest BCUT2D eigenvalue weighted by molar-refractivity contribution is -0.136. The molecule has 2 heterocycles. The van der Waals surface area contributed by atoms with Crippen molar-refractivity contribution in [2.24, 2.45) is 0 Å². The van der Waals surface area contributed by atoms with Crippen LogP contribution in [-0.4, -0.2) is 65.8 Å². The third-order valence-corrected chi connectivity index (χ3v) is 5.51. The van der Waals surface area contributed by atoms with Crippen LogP contribution in [0.1, 0.15) is 18.5 Å². The highest BCUT2D eigenvalue weighted by molar-refractivity contribution is 6.35. The summed E-state index contributed by atoms with van der Waals surface area (Å²) < 4.78 is 0. The van der Waals surface area contributed by atoms with Crippen LogP contribution in [-0.2, 0) is 9.59 Å². The molecule has 152 valence electrons. The van der Waals surface area contributed by atoms with Gasteiger partial charge in [0.25, 0.3) is 5.91 Å². The lowest BCUT2D eigenvalue weighted by Crippen LogP contribution is -2.47. The Kier molecular flexibility index (Phi) is 6.01. The Hall–Kier alpha value is -2.76. The summed E-state index contributed by atoms with van der Waals surface area (Å²) in [6, 6.07) is 5.67. The number of likely N-dealkylation sites (N-methyl/N-ethyl adjacent to an activating group) is 2. The van der Waals surface area contributed by atoms with Crippen LogP contribution in [0.5, 0.6) is 0 Å². The van der Waals surface area contributed by atoms with Crippen molar-refractivity contribution in [1.82, 2.24) is 20.0 Å². The van der Waals surface area contributed by atoms with Gasteiger partial charge in [0.05, 0.1) is 29.9 Å². The van der Waals surface area contributed by atoms with Crippen LogP contribution in [0, 0.1) is 11.3 Å². The van der Waals surface area contributed by atoms with Gasteiger partial charge in [-0.25, -0.2) is 4.79 Å². The van der Waals surface area contributed by atoms with Gasteiger partial charge in [-0.1, -0.05) is 29.3 Å². The molecule has 0 aromatic heterocycles. The van der Waals surface area contributed by atoms with E-state index < -0.39 is 6.04 Å². The number of carbonyl (C=O) groups excluding carboxylic acids is 3. The molecule has 0 saturated carbocycles. The zero-order valence-electron chi connectivity index (χ0n) is 15.9. The second kappa shape index (κ2) is 8.31. The number of benzene rings is 1. The maximum absolute atomic E-state index is 13.2. The summed E-state index contributed by atoms with van der Waals surface area (Å²) in [5.74, 6) is -0.712. The van der Waals surface area contributed by atoms with E-state index in [4.69, 9.17) is 28.5 Å². The van der Waals surface area contributed by atoms with Crippen LogP contribution in [0.15, 0.2) is 29.5 Å². The van der Waals surface area contributed by atoms with Gasteiger partial charge in [-0.3, -0.25) is 14.5 Å². The maximum Gasteiger partial charge on any atom is 0.322 e. The average Bonchev–Trinajstić information content (AvgIpc) is 2.97. The summed E-state index contributed by atoms with van der Waals surface area (Å²) in [4.78, 5) is 42.2. The number of nitrogens with one attached hydrogen (secondary N) is 1. The van der Waals surface area contributed by atoms with Gasteiger partial charge in [0, 0.05) is 23.6 Å². The molecule has 4 amide bonds. The van der Waals surface area contributed by atoms with Gasteiger partial charge in [0.15, 0.2) is 0 Å². The second-order valence-corrected chi connectivity index (χ2v) is 7.57. The summed E-state index contributed by atoms with van der Waals surface area (Å²) in [7, 11) is 1.50. The number of carbonyl (C=O) groups is 3. The van der Waals surface area contributed by atoms with Crippen molar-refractivity contribution in [2.75, 3.05) is 33.2 Å². The summed E-state index contributed by atoms with van der Waals surface area (Å²) in [6.45, 7) is 2.05. The van der Waals surface area contributed by atoms with Crippen LogP contribution in [0.3, 0.4) is 0 Å². The number of rotatable bonds is 5. The fourth-order valence-corrected chi connectivity index (χ4v) is 3.98. The molecule has 0 radical (unpaired) electrons. The third-order valence-electron chi connectivity index (χ3n) is 4.95. The molecule has 0 bridgehead atoms.